The molecule has 3 fully saturated rings. The molecule has 0 bridgehead atoms. The number of halogens is 1. The van der Waals surface area contributed by atoms with E-state index in [1.807, 2.05) is 26.4 Å². The molecule has 11 nitrogen and oxygen atoms in total. The van der Waals surface area contributed by atoms with Gasteiger partial charge in [0.2, 0.25) is 5.79 Å². The number of carbonyl (C=O) groups is 3. The number of piperidine rings is 1. The van der Waals surface area contributed by atoms with Crippen molar-refractivity contribution in [1.29, 1.82) is 0 Å². The Morgan fingerprint density at radius 2 is 1.73 bits per heavy atom. The number of hydrogen-bond acceptors (Lipinski definition) is 9. The fourth-order valence-electron chi connectivity index (χ4n) is 7.40. The second-order valence-electron chi connectivity index (χ2n) is 12.8. The van der Waals surface area contributed by atoms with Crippen LogP contribution in [-0.4, -0.2) is 81.2 Å². The second kappa shape index (κ2) is 13.0. The van der Waals surface area contributed by atoms with E-state index < -0.39 is 58.0 Å². The molecule has 1 amide bonds. The smallest absolute Gasteiger partial charge is 0.414 e. The van der Waals surface area contributed by atoms with Crippen molar-refractivity contribution in [1.82, 2.24) is 10.4 Å². The minimum atomic E-state index is -2.34. The molecule has 1 aliphatic heterocycles. The third kappa shape index (κ3) is 6.19. The molecule has 3 rings (SSSR count). The molecule has 0 aromatic rings. The molecule has 0 radical (unpaired) electrons. The van der Waals surface area contributed by atoms with E-state index in [0.29, 0.717) is 19.3 Å². The summed E-state index contributed by atoms with van der Waals surface area (Å²) in [4.78, 5) is 46.2. The van der Waals surface area contributed by atoms with Crippen molar-refractivity contribution in [2.24, 2.45) is 34.5 Å². The fourth-order valence-corrected chi connectivity index (χ4v) is 7.40. The zero-order chi connectivity index (χ0) is 28.7. The zero-order valence-electron chi connectivity index (χ0n) is 24.6. The molecule has 0 spiro atoms. The Kier molecular flexibility index (Phi) is 11.8. The first-order valence-corrected chi connectivity index (χ1v) is 13.7. The van der Waals surface area contributed by atoms with E-state index in [2.05, 4.69) is 11.5 Å². The molecule has 2 saturated carbocycles. The second-order valence-corrected chi connectivity index (χ2v) is 12.8. The summed E-state index contributed by atoms with van der Waals surface area (Å²) in [6, 6.07) is 0. The molecule has 232 valence electrons. The van der Waals surface area contributed by atoms with Crippen LogP contribution in [-0.2, 0) is 19.2 Å². The fraction of sp³-hybridized carbons (Fsp3) is 0.821. The van der Waals surface area contributed by atoms with Crippen molar-refractivity contribution < 1.29 is 44.8 Å². The number of ketones is 1. The van der Waals surface area contributed by atoms with Crippen LogP contribution in [0.25, 0.3) is 0 Å². The lowest BCUT2D eigenvalue weighted by atomic mass is 9.41. The van der Waals surface area contributed by atoms with Gasteiger partial charge < -0.3 is 35.3 Å². The van der Waals surface area contributed by atoms with Gasteiger partial charge in [0, 0.05) is 18.8 Å². The number of Topliss-reactive ketones (excluding diaryl/α,β-unsaturated/α-hetero) is 1. The number of likely N-dealkylation sites (tertiary alicyclic amines) is 1. The average Bonchev–Trinajstić information content (AvgIpc) is 2.84. The van der Waals surface area contributed by atoms with Gasteiger partial charge in [-0.05, 0) is 70.0 Å². The molecule has 6 N–H and O–H groups in total. The van der Waals surface area contributed by atoms with Gasteiger partial charge in [-0.3, -0.25) is 4.79 Å². The number of ether oxygens (including phenoxy) is 1. The van der Waals surface area contributed by atoms with Crippen LogP contribution in [0.2, 0.25) is 0 Å². The summed E-state index contributed by atoms with van der Waals surface area (Å²) in [5.74, 6) is -5.57. The molecular weight excluding hydrogens is 544 g/mol. The van der Waals surface area contributed by atoms with Crippen LogP contribution in [0, 0.1) is 34.5 Å². The number of aliphatic hydroxyl groups is 3. The van der Waals surface area contributed by atoms with Crippen molar-refractivity contribution in [3.05, 3.63) is 12.7 Å². The van der Waals surface area contributed by atoms with E-state index in [0.717, 1.165) is 13.1 Å². The lowest BCUT2D eigenvalue weighted by Gasteiger charge is -2.67. The Hall–Kier alpha value is -1.76. The van der Waals surface area contributed by atoms with Gasteiger partial charge in [0.1, 0.15) is 5.60 Å². The highest BCUT2D eigenvalue weighted by Gasteiger charge is 2.76. The van der Waals surface area contributed by atoms with Gasteiger partial charge in [0.05, 0.1) is 17.4 Å². The Morgan fingerprint density at radius 3 is 2.27 bits per heavy atom. The summed E-state index contributed by atoms with van der Waals surface area (Å²) in [5.41, 5.74) is -2.50. The van der Waals surface area contributed by atoms with E-state index in [1.54, 1.807) is 19.9 Å². The molecule has 12 heteroatoms. The van der Waals surface area contributed by atoms with Gasteiger partial charge in [0.25, 0.3) is 0 Å². The normalized spacial score (nSPS) is 36.5. The van der Waals surface area contributed by atoms with Crippen LogP contribution in [0.3, 0.4) is 0 Å². The van der Waals surface area contributed by atoms with Crippen molar-refractivity contribution in [3.8, 4) is 0 Å². The summed E-state index contributed by atoms with van der Waals surface area (Å²) in [6.07, 6.45) is 1.01. The van der Waals surface area contributed by atoms with E-state index >= 15 is 0 Å². The topological polar surface area (TPSA) is 177 Å². The first-order chi connectivity index (χ1) is 17.5. The first-order valence-electron chi connectivity index (χ1n) is 13.7. The van der Waals surface area contributed by atoms with Crippen LogP contribution in [0.15, 0.2) is 12.7 Å². The summed E-state index contributed by atoms with van der Waals surface area (Å²) >= 11 is 0. The van der Waals surface area contributed by atoms with Crippen LogP contribution in [0.5, 0.6) is 0 Å². The lowest BCUT2D eigenvalue weighted by Crippen LogP contribution is -2.78. The Bertz CT molecular complexity index is 941. The minimum Gasteiger partial charge on any atom is -0.414 e. The number of rotatable bonds is 6. The number of amides is 1. The summed E-state index contributed by atoms with van der Waals surface area (Å²) in [6.45, 7) is 14.0. The number of nitrogens with zero attached hydrogens (tertiary/aromatic N) is 1. The third-order valence-electron chi connectivity index (χ3n) is 9.75. The van der Waals surface area contributed by atoms with E-state index in [1.165, 1.54) is 6.92 Å². The zero-order valence-corrected chi connectivity index (χ0v) is 25.4. The molecule has 0 unspecified atom stereocenters. The van der Waals surface area contributed by atoms with Crippen molar-refractivity contribution in [2.45, 2.75) is 90.6 Å². The number of allylic oxidation sites excluding steroid dienone is 1. The molecule has 7 atom stereocenters. The maximum absolute atomic E-state index is 13.7. The number of hydroxylamine groups is 1. The molecule has 1 heterocycles. The van der Waals surface area contributed by atoms with Gasteiger partial charge in [-0.1, -0.05) is 33.8 Å². The van der Waals surface area contributed by atoms with Crippen molar-refractivity contribution in [3.63, 3.8) is 0 Å². The number of carbonyl (C=O) groups excluding carboxylic acids is 3. The predicted molar refractivity (Wildman–Crippen MR) is 150 cm³/mol. The Labute approximate surface area is 243 Å². The summed E-state index contributed by atoms with van der Waals surface area (Å²) in [7, 11) is 1.96. The van der Waals surface area contributed by atoms with Gasteiger partial charge in [0.15, 0.2) is 5.78 Å². The Balaban J connectivity index is 0.00000400. The standard InChI is InChI=1S/C28H46N2O8.ClH.H2O/c1-8-17(2)15-21(32)28(36)18(3)16-20(31)22-25(4,5)11-12-27(35,26(22,28)6)37-24(34)29-38-23(33)19-9-13-30(7)14-10-19;;/h8,17-20,22,31,35-36H,1,9-16H2,2-7H3,(H,29,34);1H;1H2/t17-,18+,20-,22+,26-,27-,28+;;/m1../s1. The van der Waals surface area contributed by atoms with Gasteiger partial charge in [-0.2, -0.15) is 0 Å². The van der Waals surface area contributed by atoms with E-state index in [-0.39, 0.29) is 49.0 Å². The van der Waals surface area contributed by atoms with Crippen LogP contribution in [0.4, 0.5) is 4.79 Å². The maximum atomic E-state index is 13.7. The molecular formula is C28H49ClN2O9. The van der Waals surface area contributed by atoms with E-state index in [9.17, 15) is 29.7 Å². The SMILES string of the molecule is C=C[C@@H](C)CC(=O)[C@@]1(O)[C@@H](C)C[C@@H](O)[C@H]2C(C)(C)CC[C@@](O)(OC(=O)NOC(=O)C3CCN(C)CC3)[C@@]21C.Cl.O. The summed E-state index contributed by atoms with van der Waals surface area (Å²) < 4.78 is 5.55. The van der Waals surface area contributed by atoms with Crippen LogP contribution < -0.4 is 5.48 Å². The maximum Gasteiger partial charge on any atom is 0.443 e. The highest BCUT2D eigenvalue weighted by Crippen LogP contribution is 2.66. The number of nitrogens with one attached hydrogen (secondary N) is 1. The van der Waals surface area contributed by atoms with Crippen molar-refractivity contribution >= 4 is 30.3 Å². The number of fused-ring (bicyclic) bond motifs is 1. The monoisotopic (exact) mass is 592 g/mol. The summed E-state index contributed by atoms with van der Waals surface area (Å²) in [5, 5.41) is 35.5. The van der Waals surface area contributed by atoms with Gasteiger partial charge in [-0.25, -0.2) is 9.59 Å². The van der Waals surface area contributed by atoms with E-state index in [4.69, 9.17) is 9.57 Å². The van der Waals surface area contributed by atoms with Crippen molar-refractivity contribution in [2.75, 3.05) is 20.1 Å². The molecule has 3 aliphatic rings. The molecule has 1 saturated heterocycles. The minimum absolute atomic E-state index is 0. The Morgan fingerprint density at radius 1 is 1.15 bits per heavy atom. The first kappa shape index (κ1) is 36.3. The number of aliphatic hydroxyl groups excluding tert-OH is 1. The molecule has 40 heavy (non-hydrogen) atoms. The average molecular weight is 593 g/mol. The number of hydrogen-bond donors (Lipinski definition) is 4. The van der Waals surface area contributed by atoms with Crippen LogP contribution >= 0.6 is 12.4 Å². The lowest BCUT2D eigenvalue weighted by molar-refractivity contribution is -0.362. The quantitative estimate of drug-likeness (QED) is 0.204. The largest absolute Gasteiger partial charge is 0.443 e. The van der Waals surface area contributed by atoms with Gasteiger partial charge in [-0.15, -0.1) is 24.5 Å². The molecule has 2 aliphatic carbocycles. The highest BCUT2D eigenvalue weighted by atomic mass is 35.5. The highest BCUT2D eigenvalue weighted by molar-refractivity contribution is 5.89. The van der Waals surface area contributed by atoms with Gasteiger partial charge >= 0.3 is 12.1 Å². The third-order valence-corrected chi connectivity index (χ3v) is 9.75. The predicted octanol–water partition coefficient (Wildman–Crippen LogP) is 2.15. The molecule has 0 aromatic heterocycles. The van der Waals surface area contributed by atoms with Crippen LogP contribution in [0.1, 0.15) is 73.1 Å². The molecule has 0 aromatic carbocycles.